The summed E-state index contributed by atoms with van der Waals surface area (Å²) in [4.78, 5) is 14.4. The van der Waals surface area contributed by atoms with Crippen LogP contribution in [0.1, 0.15) is 25.7 Å². The van der Waals surface area contributed by atoms with Crippen molar-refractivity contribution >= 4 is 45.6 Å². The smallest absolute Gasteiger partial charge is 0.237 e. The maximum atomic E-state index is 14.4. The molecule has 1 saturated carbocycles. The monoisotopic (exact) mass is 591 g/mol. The summed E-state index contributed by atoms with van der Waals surface area (Å²) in [6, 6.07) is 17.8. The number of methoxy groups -OCH3 is 2. The third kappa shape index (κ3) is 5.60. The third-order valence-corrected chi connectivity index (χ3v) is 8.19. The number of nitrogens with zero attached hydrogens (tertiary/aromatic N) is 4. The van der Waals surface area contributed by atoms with Crippen LogP contribution in [0.3, 0.4) is 0 Å². The molecule has 2 aromatic carbocycles. The fourth-order valence-electron chi connectivity index (χ4n) is 5.38. The number of aromatic nitrogens is 3. The Morgan fingerprint density at radius 2 is 1.78 bits per heavy atom. The average Bonchev–Trinajstić information content (AvgIpc) is 2.98. The molecule has 2 heterocycles. The van der Waals surface area contributed by atoms with Crippen molar-refractivity contribution in [3.8, 4) is 23.0 Å². The summed E-state index contributed by atoms with van der Waals surface area (Å²) in [5.41, 5.74) is 4.84. The highest BCUT2D eigenvalue weighted by molar-refractivity contribution is 6.42. The predicted molar refractivity (Wildman–Crippen MR) is 160 cm³/mol. The zero-order valence-corrected chi connectivity index (χ0v) is 24.1. The van der Waals surface area contributed by atoms with Crippen LogP contribution in [0.5, 0.6) is 5.88 Å². The highest BCUT2D eigenvalue weighted by Gasteiger charge is 2.22. The summed E-state index contributed by atoms with van der Waals surface area (Å²) in [6.07, 6.45) is 5.70. The van der Waals surface area contributed by atoms with E-state index in [1.54, 1.807) is 38.6 Å². The molecule has 1 aliphatic heterocycles. The number of hydrogen-bond acceptors (Lipinski definition) is 6. The van der Waals surface area contributed by atoms with Gasteiger partial charge in [0.1, 0.15) is 11.5 Å². The van der Waals surface area contributed by atoms with Crippen molar-refractivity contribution in [2.45, 2.75) is 37.8 Å². The average molecular weight is 593 g/mol. The van der Waals surface area contributed by atoms with Crippen molar-refractivity contribution in [2.24, 2.45) is 4.99 Å². The van der Waals surface area contributed by atoms with Crippen LogP contribution < -0.4 is 15.4 Å². The molecule has 6 rings (SSSR count). The SMILES string of the molecule is COc1ncccc1Nc1cc2nc3cc(F)ccc3n(-c3ccc(Cl)c(Cl)c3)c-2c/c1=N\C1CCC(OC)CC1. The van der Waals surface area contributed by atoms with Crippen molar-refractivity contribution in [2.75, 3.05) is 19.5 Å². The Morgan fingerprint density at radius 1 is 0.951 bits per heavy atom. The van der Waals surface area contributed by atoms with Gasteiger partial charge in [0.25, 0.3) is 0 Å². The van der Waals surface area contributed by atoms with Gasteiger partial charge in [-0.1, -0.05) is 23.2 Å². The summed E-state index contributed by atoms with van der Waals surface area (Å²) >= 11 is 12.7. The Hall–Kier alpha value is -3.72. The maximum absolute atomic E-state index is 14.4. The summed E-state index contributed by atoms with van der Waals surface area (Å²) in [5, 5.41) is 5.09. The lowest BCUT2D eigenvalue weighted by atomic mass is 9.93. The number of halogens is 3. The van der Waals surface area contributed by atoms with Gasteiger partial charge in [-0.15, -0.1) is 0 Å². The summed E-state index contributed by atoms with van der Waals surface area (Å²) in [5.74, 6) is 0.0836. The second-order valence-electron chi connectivity index (χ2n) is 10.0. The number of ether oxygens (including phenoxy) is 2. The molecule has 1 fully saturated rings. The zero-order chi connectivity index (χ0) is 28.5. The van der Waals surface area contributed by atoms with Crippen LogP contribution in [0.25, 0.3) is 28.1 Å². The minimum absolute atomic E-state index is 0.135. The first-order chi connectivity index (χ1) is 19.9. The predicted octanol–water partition coefficient (Wildman–Crippen LogP) is 7.58. The lowest BCUT2D eigenvalue weighted by Crippen LogP contribution is -2.25. The quantitative estimate of drug-likeness (QED) is 0.206. The lowest BCUT2D eigenvalue weighted by molar-refractivity contribution is 0.0663. The fraction of sp³-hybridized carbons (Fsp3) is 0.258. The van der Waals surface area contributed by atoms with E-state index in [1.807, 2.05) is 34.9 Å². The van der Waals surface area contributed by atoms with E-state index in [0.29, 0.717) is 32.8 Å². The molecule has 7 nitrogen and oxygen atoms in total. The first-order valence-electron chi connectivity index (χ1n) is 13.4. The number of benzene rings is 3. The Labute approximate surface area is 246 Å². The minimum atomic E-state index is -0.373. The van der Waals surface area contributed by atoms with Crippen LogP contribution in [-0.4, -0.2) is 40.9 Å². The molecule has 0 saturated heterocycles. The molecule has 0 radical (unpaired) electrons. The molecule has 0 spiro atoms. The highest BCUT2D eigenvalue weighted by Crippen LogP contribution is 2.34. The van der Waals surface area contributed by atoms with Gasteiger partial charge in [0.05, 0.1) is 62.8 Å². The number of pyridine rings is 1. The second kappa shape index (κ2) is 11.6. The molecule has 41 heavy (non-hydrogen) atoms. The standard InChI is InChI=1S/C31H28Cl2FN5O2/c1-40-21-9-6-19(7-10-21)36-26-17-30-28(16-25(26)37-24-4-3-13-35-31(24)41-2)38-27-14-18(34)5-12-29(27)39(30)20-8-11-22(32)23(33)15-20/h3-5,8,11-17,19,21,37H,6-7,9-10H2,1-2H3/b36-26+. The maximum Gasteiger partial charge on any atom is 0.237 e. The van der Waals surface area contributed by atoms with Gasteiger partial charge in [-0.2, -0.15) is 0 Å². The van der Waals surface area contributed by atoms with Crippen molar-refractivity contribution in [1.82, 2.24) is 14.5 Å². The molecule has 1 N–H and O–H groups in total. The zero-order valence-electron chi connectivity index (χ0n) is 22.6. The van der Waals surface area contributed by atoms with Crippen molar-refractivity contribution < 1.29 is 13.9 Å². The number of anilines is 2. The third-order valence-electron chi connectivity index (χ3n) is 7.45. The molecule has 1 aromatic heterocycles. The normalized spacial score (nSPS) is 17.7. The minimum Gasteiger partial charge on any atom is -0.480 e. The van der Waals surface area contributed by atoms with Crippen LogP contribution in [0.15, 0.2) is 71.9 Å². The van der Waals surface area contributed by atoms with Gasteiger partial charge in [-0.3, -0.25) is 4.99 Å². The molecular formula is C31H28Cl2FN5O2. The summed E-state index contributed by atoms with van der Waals surface area (Å²) < 4.78 is 27.4. The Balaban J connectivity index is 1.61. The van der Waals surface area contributed by atoms with Gasteiger partial charge in [-0.05, 0) is 80.3 Å². The molecule has 0 bridgehead atoms. The summed E-state index contributed by atoms with van der Waals surface area (Å²) in [6.45, 7) is 0. The van der Waals surface area contributed by atoms with Gasteiger partial charge >= 0.3 is 0 Å². The van der Waals surface area contributed by atoms with Crippen LogP contribution in [0.4, 0.5) is 15.8 Å². The topological polar surface area (TPSA) is 73.6 Å². The van der Waals surface area contributed by atoms with Crippen LogP contribution in [0, 0.1) is 5.82 Å². The fourth-order valence-corrected chi connectivity index (χ4v) is 5.67. The first-order valence-corrected chi connectivity index (χ1v) is 14.1. The van der Waals surface area contributed by atoms with Crippen molar-refractivity contribution in [1.29, 1.82) is 0 Å². The summed E-state index contributed by atoms with van der Waals surface area (Å²) in [7, 11) is 3.34. The van der Waals surface area contributed by atoms with Gasteiger partial charge in [0.2, 0.25) is 5.88 Å². The molecular weight excluding hydrogens is 564 g/mol. The highest BCUT2D eigenvalue weighted by atomic mass is 35.5. The van der Waals surface area contributed by atoms with Gasteiger partial charge in [-0.25, -0.2) is 14.4 Å². The Morgan fingerprint density at radius 3 is 2.54 bits per heavy atom. The van der Waals surface area contributed by atoms with E-state index >= 15 is 0 Å². The number of fused-ring (bicyclic) bond motifs is 2. The second-order valence-corrected chi connectivity index (χ2v) is 10.8. The van der Waals surface area contributed by atoms with Crippen molar-refractivity contribution in [3.63, 3.8) is 0 Å². The molecule has 2 aliphatic carbocycles. The van der Waals surface area contributed by atoms with Gasteiger partial charge < -0.3 is 19.4 Å². The molecule has 210 valence electrons. The van der Waals surface area contributed by atoms with E-state index < -0.39 is 0 Å². The Bertz CT molecular complexity index is 1770. The van der Waals surface area contributed by atoms with E-state index in [0.717, 1.165) is 53.6 Å². The molecule has 3 aromatic rings. The number of rotatable bonds is 6. The van der Waals surface area contributed by atoms with E-state index in [-0.39, 0.29) is 18.0 Å². The lowest BCUT2D eigenvalue weighted by Gasteiger charge is -2.25. The van der Waals surface area contributed by atoms with E-state index in [4.69, 9.17) is 42.7 Å². The van der Waals surface area contributed by atoms with E-state index in [9.17, 15) is 4.39 Å². The molecule has 10 heteroatoms. The molecule has 0 unspecified atom stereocenters. The van der Waals surface area contributed by atoms with E-state index in [2.05, 4.69) is 10.3 Å². The molecule has 3 aliphatic rings. The molecule has 0 atom stereocenters. The Kier molecular flexibility index (Phi) is 7.79. The largest absolute Gasteiger partial charge is 0.480 e. The number of nitrogens with one attached hydrogen (secondary N) is 1. The van der Waals surface area contributed by atoms with Gasteiger partial charge in [0.15, 0.2) is 0 Å². The first kappa shape index (κ1) is 27.4. The molecule has 0 amide bonds. The van der Waals surface area contributed by atoms with Crippen LogP contribution >= 0.6 is 23.2 Å². The van der Waals surface area contributed by atoms with Crippen LogP contribution in [0.2, 0.25) is 10.0 Å². The van der Waals surface area contributed by atoms with Crippen molar-refractivity contribution in [3.05, 3.63) is 88.1 Å². The van der Waals surface area contributed by atoms with Gasteiger partial charge in [0, 0.05) is 25.1 Å². The number of hydrogen-bond donors (Lipinski definition) is 1. The van der Waals surface area contributed by atoms with E-state index in [1.165, 1.54) is 12.1 Å². The van der Waals surface area contributed by atoms with Crippen LogP contribution in [-0.2, 0) is 4.74 Å².